The Balaban J connectivity index is 1.86. The highest BCUT2D eigenvalue weighted by molar-refractivity contribution is 6.35. The predicted molar refractivity (Wildman–Crippen MR) is 111 cm³/mol. The second-order valence-corrected chi connectivity index (χ2v) is 6.71. The van der Waals surface area contributed by atoms with Crippen LogP contribution in [0.5, 0.6) is 17.2 Å². The van der Waals surface area contributed by atoms with Crippen LogP contribution in [0, 0.1) is 0 Å². The van der Waals surface area contributed by atoms with Crippen molar-refractivity contribution in [2.45, 2.75) is 13.5 Å². The molecule has 0 aliphatic heterocycles. The first-order valence-electron chi connectivity index (χ1n) is 8.84. The zero-order valence-electron chi connectivity index (χ0n) is 16.1. The van der Waals surface area contributed by atoms with Crippen LogP contribution in [0.3, 0.4) is 0 Å². The third-order valence-corrected chi connectivity index (χ3v) is 4.23. The van der Waals surface area contributed by atoms with Crippen molar-refractivity contribution in [3.8, 4) is 17.2 Å². The normalized spacial score (nSPS) is 10.2. The Kier molecular flexibility index (Phi) is 8.89. The fourth-order valence-corrected chi connectivity index (χ4v) is 2.78. The van der Waals surface area contributed by atoms with Gasteiger partial charge in [0.25, 0.3) is 11.8 Å². The second kappa shape index (κ2) is 11.4. The van der Waals surface area contributed by atoms with Gasteiger partial charge in [-0.3, -0.25) is 9.59 Å². The molecule has 0 saturated carbocycles. The summed E-state index contributed by atoms with van der Waals surface area (Å²) in [5.41, 5.74) is 0.796. The fourth-order valence-electron chi connectivity index (χ4n) is 2.32. The van der Waals surface area contributed by atoms with Gasteiger partial charge < -0.3 is 24.8 Å². The van der Waals surface area contributed by atoms with Crippen molar-refractivity contribution in [3.05, 3.63) is 52.0 Å². The number of rotatable bonds is 10. The Morgan fingerprint density at radius 1 is 0.897 bits per heavy atom. The van der Waals surface area contributed by atoms with E-state index in [1.165, 1.54) is 13.2 Å². The van der Waals surface area contributed by atoms with E-state index in [2.05, 4.69) is 10.6 Å². The molecule has 2 amide bonds. The molecular weight excluding hydrogens is 419 g/mol. The lowest BCUT2D eigenvalue weighted by Gasteiger charge is -2.13. The molecule has 0 unspecified atom stereocenters. The highest BCUT2D eigenvalue weighted by Gasteiger charge is 2.10. The highest BCUT2D eigenvalue weighted by Crippen LogP contribution is 2.28. The number of likely N-dealkylation sites (N-methyl/N-ethyl adjacent to an activating group) is 1. The van der Waals surface area contributed by atoms with Crippen molar-refractivity contribution in [2.24, 2.45) is 0 Å². The lowest BCUT2D eigenvalue weighted by Crippen LogP contribution is -2.28. The number of hydrogen-bond acceptors (Lipinski definition) is 5. The van der Waals surface area contributed by atoms with Crippen molar-refractivity contribution in [3.63, 3.8) is 0 Å². The topological polar surface area (TPSA) is 85.9 Å². The van der Waals surface area contributed by atoms with Gasteiger partial charge in [0.15, 0.2) is 24.7 Å². The molecule has 2 N–H and O–H groups in total. The molecule has 156 valence electrons. The van der Waals surface area contributed by atoms with Gasteiger partial charge in [-0.25, -0.2) is 0 Å². The van der Waals surface area contributed by atoms with E-state index in [0.29, 0.717) is 33.8 Å². The molecule has 2 aromatic carbocycles. The third kappa shape index (κ3) is 7.36. The SMILES string of the molecule is CCNC(=O)COc1ccc(CNC(=O)COc2ccc(Cl)cc2Cl)cc1OC. The number of nitrogens with one attached hydrogen (secondary N) is 2. The molecule has 0 bridgehead atoms. The van der Waals surface area contributed by atoms with E-state index in [0.717, 1.165) is 5.56 Å². The van der Waals surface area contributed by atoms with Gasteiger partial charge in [0, 0.05) is 18.1 Å². The molecule has 0 aliphatic carbocycles. The number of ether oxygens (including phenoxy) is 3. The number of carbonyl (C=O) groups is 2. The van der Waals surface area contributed by atoms with Gasteiger partial charge >= 0.3 is 0 Å². The van der Waals surface area contributed by atoms with Gasteiger partial charge in [0.1, 0.15) is 5.75 Å². The number of hydrogen-bond donors (Lipinski definition) is 2. The molecule has 0 spiro atoms. The maximum Gasteiger partial charge on any atom is 0.258 e. The molecule has 0 radical (unpaired) electrons. The fraction of sp³-hybridized carbons (Fsp3) is 0.300. The number of halogens is 2. The van der Waals surface area contributed by atoms with Gasteiger partial charge in [0.2, 0.25) is 0 Å². The molecule has 7 nitrogen and oxygen atoms in total. The van der Waals surface area contributed by atoms with E-state index in [1.807, 2.05) is 6.92 Å². The minimum absolute atomic E-state index is 0.106. The summed E-state index contributed by atoms with van der Waals surface area (Å²) in [6.45, 7) is 2.34. The molecule has 0 heterocycles. The first-order valence-corrected chi connectivity index (χ1v) is 9.59. The van der Waals surface area contributed by atoms with E-state index in [9.17, 15) is 9.59 Å². The standard InChI is InChI=1S/C20H22Cl2N2O5/c1-3-23-19(25)11-29-17-6-4-13(8-18(17)27-2)10-24-20(26)12-28-16-7-5-14(21)9-15(16)22/h4-9H,3,10-12H2,1-2H3,(H,23,25)(H,24,26). The van der Waals surface area contributed by atoms with Crippen LogP contribution in [0.1, 0.15) is 12.5 Å². The lowest BCUT2D eigenvalue weighted by atomic mass is 10.2. The maximum absolute atomic E-state index is 12.0. The van der Waals surface area contributed by atoms with E-state index >= 15 is 0 Å². The zero-order valence-corrected chi connectivity index (χ0v) is 17.6. The van der Waals surface area contributed by atoms with Crippen molar-refractivity contribution in [2.75, 3.05) is 26.9 Å². The number of methoxy groups -OCH3 is 1. The number of carbonyl (C=O) groups excluding carboxylic acids is 2. The molecule has 2 rings (SSSR count). The smallest absolute Gasteiger partial charge is 0.258 e. The Bertz CT molecular complexity index is 861. The molecular formula is C20H22Cl2N2O5. The van der Waals surface area contributed by atoms with Crippen LogP contribution in [-0.2, 0) is 16.1 Å². The second-order valence-electron chi connectivity index (χ2n) is 5.87. The van der Waals surface area contributed by atoms with Gasteiger partial charge in [-0.2, -0.15) is 0 Å². The first kappa shape index (κ1) is 22.6. The van der Waals surface area contributed by atoms with E-state index in [4.69, 9.17) is 37.4 Å². The molecule has 0 saturated heterocycles. The summed E-state index contributed by atoms with van der Waals surface area (Å²) < 4.78 is 16.2. The molecule has 0 aliphatic rings. The average molecular weight is 441 g/mol. The Morgan fingerprint density at radius 3 is 2.21 bits per heavy atom. The van der Waals surface area contributed by atoms with E-state index in [-0.39, 0.29) is 31.6 Å². The maximum atomic E-state index is 12.0. The average Bonchev–Trinajstić information content (AvgIpc) is 2.70. The third-order valence-electron chi connectivity index (χ3n) is 3.70. The van der Waals surface area contributed by atoms with Crippen LogP contribution < -0.4 is 24.8 Å². The number of amides is 2. The van der Waals surface area contributed by atoms with Crippen molar-refractivity contribution >= 4 is 35.0 Å². The quantitative estimate of drug-likeness (QED) is 0.592. The van der Waals surface area contributed by atoms with Crippen molar-refractivity contribution in [1.29, 1.82) is 0 Å². The summed E-state index contributed by atoms with van der Waals surface area (Å²) in [5, 5.41) is 6.21. The lowest BCUT2D eigenvalue weighted by molar-refractivity contribution is -0.123. The van der Waals surface area contributed by atoms with Crippen LogP contribution in [-0.4, -0.2) is 38.7 Å². The van der Waals surface area contributed by atoms with Gasteiger partial charge in [-0.05, 0) is 42.8 Å². The van der Waals surface area contributed by atoms with Gasteiger partial charge in [-0.15, -0.1) is 0 Å². The summed E-state index contributed by atoms with van der Waals surface area (Å²) in [5.74, 6) is 0.750. The molecule has 29 heavy (non-hydrogen) atoms. The summed E-state index contributed by atoms with van der Waals surface area (Å²) in [6.07, 6.45) is 0. The summed E-state index contributed by atoms with van der Waals surface area (Å²) >= 11 is 11.8. The van der Waals surface area contributed by atoms with Crippen LogP contribution >= 0.6 is 23.2 Å². The Morgan fingerprint density at radius 2 is 1.55 bits per heavy atom. The summed E-state index contributed by atoms with van der Waals surface area (Å²) in [4.78, 5) is 23.5. The van der Waals surface area contributed by atoms with Crippen LogP contribution in [0.15, 0.2) is 36.4 Å². The number of benzene rings is 2. The molecule has 2 aromatic rings. The molecule has 0 atom stereocenters. The minimum Gasteiger partial charge on any atom is -0.493 e. The zero-order chi connectivity index (χ0) is 21.2. The van der Waals surface area contributed by atoms with E-state index < -0.39 is 0 Å². The molecule has 0 aromatic heterocycles. The van der Waals surface area contributed by atoms with Gasteiger partial charge in [0.05, 0.1) is 12.1 Å². The van der Waals surface area contributed by atoms with Crippen LogP contribution in [0.2, 0.25) is 10.0 Å². The van der Waals surface area contributed by atoms with Crippen LogP contribution in [0.4, 0.5) is 0 Å². The van der Waals surface area contributed by atoms with E-state index in [1.54, 1.807) is 30.3 Å². The Hall–Kier alpha value is -2.64. The largest absolute Gasteiger partial charge is 0.493 e. The summed E-state index contributed by atoms with van der Waals surface area (Å²) in [7, 11) is 1.50. The molecule has 9 heteroatoms. The molecule has 0 fully saturated rings. The predicted octanol–water partition coefficient (Wildman–Crippen LogP) is 3.21. The monoisotopic (exact) mass is 440 g/mol. The summed E-state index contributed by atoms with van der Waals surface area (Å²) in [6, 6.07) is 9.95. The first-order chi connectivity index (χ1) is 13.9. The van der Waals surface area contributed by atoms with Crippen LogP contribution in [0.25, 0.3) is 0 Å². The Labute approximate surface area is 179 Å². The van der Waals surface area contributed by atoms with Crippen molar-refractivity contribution < 1.29 is 23.8 Å². The van der Waals surface area contributed by atoms with Gasteiger partial charge in [-0.1, -0.05) is 29.3 Å². The van der Waals surface area contributed by atoms with Crippen molar-refractivity contribution in [1.82, 2.24) is 10.6 Å². The highest BCUT2D eigenvalue weighted by atomic mass is 35.5. The minimum atomic E-state index is -0.313.